The van der Waals surface area contributed by atoms with Crippen LogP contribution in [0.1, 0.15) is 6.42 Å². The highest BCUT2D eigenvalue weighted by Crippen LogP contribution is 2.32. The molecule has 0 bridgehead atoms. The summed E-state index contributed by atoms with van der Waals surface area (Å²) in [7, 11) is -3.94. The summed E-state index contributed by atoms with van der Waals surface area (Å²) in [4.78, 5) is 26.3. The van der Waals surface area contributed by atoms with E-state index in [9.17, 15) is 18.0 Å². The first-order valence-corrected chi connectivity index (χ1v) is 11.9. The van der Waals surface area contributed by atoms with E-state index in [1.807, 2.05) is 0 Å². The molecule has 0 aliphatic carbocycles. The molecule has 2 amide bonds. The Labute approximate surface area is 181 Å². The minimum absolute atomic E-state index is 0.0348. The fourth-order valence-corrected chi connectivity index (χ4v) is 5.94. The molecule has 1 aromatic carbocycles. The first-order chi connectivity index (χ1) is 13.8. The van der Waals surface area contributed by atoms with E-state index in [2.05, 4.69) is 16.3 Å². The van der Waals surface area contributed by atoms with Crippen molar-refractivity contribution >= 4 is 67.4 Å². The molecule has 3 rings (SSSR count). The normalized spacial score (nSPS) is 18.2. The highest BCUT2D eigenvalue weighted by Gasteiger charge is 2.39. The molecule has 1 saturated heterocycles. The number of thioether (sulfide) groups is 1. The number of nitrogens with zero attached hydrogens (tertiary/aromatic N) is 2. The summed E-state index contributed by atoms with van der Waals surface area (Å²) in [6, 6.07) is 9.62. The zero-order valence-electron chi connectivity index (χ0n) is 14.9. The lowest BCUT2D eigenvalue weighted by molar-refractivity contribution is -0.127. The number of anilines is 1. The number of hydrogen-bond donors (Lipinski definition) is 1. The molecule has 0 spiro atoms. The van der Waals surface area contributed by atoms with Gasteiger partial charge in [0.25, 0.3) is 10.0 Å². The molecule has 0 saturated carbocycles. The molecule has 11 heteroatoms. The Balaban J connectivity index is 1.76. The Morgan fingerprint density at radius 2 is 2.03 bits per heavy atom. The average Bonchev–Trinajstić information content (AvgIpc) is 3.29. The molecule has 1 N–H and O–H groups in total. The highest BCUT2D eigenvalue weighted by molar-refractivity contribution is 8.16. The predicted octanol–water partition coefficient (Wildman–Crippen LogP) is 3.61. The Morgan fingerprint density at radius 3 is 2.66 bits per heavy atom. The molecular formula is C18H16ClN3O4S3. The Bertz CT molecular complexity index is 1050. The molecule has 0 unspecified atom stereocenters. The van der Waals surface area contributed by atoms with Crippen LogP contribution in [0, 0.1) is 0 Å². The van der Waals surface area contributed by atoms with Gasteiger partial charge < -0.3 is 5.32 Å². The van der Waals surface area contributed by atoms with E-state index >= 15 is 0 Å². The van der Waals surface area contributed by atoms with Crippen molar-refractivity contribution in [2.24, 2.45) is 4.40 Å². The van der Waals surface area contributed by atoms with Crippen molar-refractivity contribution in [2.75, 3.05) is 11.9 Å². The van der Waals surface area contributed by atoms with E-state index in [0.717, 1.165) is 23.1 Å². The number of thiophene rings is 1. The quantitative estimate of drug-likeness (QED) is 0.625. The second-order valence-corrected chi connectivity index (χ2v) is 10.3. The second-order valence-electron chi connectivity index (χ2n) is 5.88. The van der Waals surface area contributed by atoms with E-state index in [0.29, 0.717) is 10.7 Å². The largest absolute Gasteiger partial charge is 0.326 e. The molecule has 1 atom stereocenters. The van der Waals surface area contributed by atoms with Gasteiger partial charge in [0.2, 0.25) is 11.8 Å². The summed E-state index contributed by atoms with van der Waals surface area (Å²) in [6.07, 6.45) is 1.35. The monoisotopic (exact) mass is 469 g/mol. The average molecular weight is 470 g/mol. The minimum atomic E-state index is -3.94. The number of rotatable bonds is 7. The molecular weight excluding hydrogens is 454 g/mol. The number of carbonyl (C=O) groups is 2. The van der Waals surface area contributed by atoms with Crippen LogP contribution in [0.15, 0.2) is 63.0 Å². The summed E-state index contributed by atoms with van der Waals surface area (Å²) in [5, 5.41) is 4.12. The molecule has 0 radical (unpaired) electrons. The minimum Gasteiger partial charge on any atom is -0.326 e. The second kappa shape index (κ2) is 9.12. The van der Waals surface area contributed by atoms with Crippen LogP contribution in [0.3, 0.4) is 0 Å². The maximum Gasteiger partial charge on any atom is 0.294 e. The van der Waals surface area contributed by atoms with E-state index < -0.39 is 15.3 Å². The summed E-state index contributed by atoms with van der Waals surface area (Å²) < 4.78 is 28.8. The third-order valence-electron chi connectivity index (χ3n) is 3.78. The van der Waals surface area contributed by atoms with Crippen molar-refractivity contribution in [3.8, 4) is 0 Å². The fourth-order valence-electron chi connectivity index (χ4n) is 2.48. The number of carbonyl (C=O) groups excluding carboxylic acids is 2. The van der Waals surface area contributed by atoms with Gasteiger partial charge >= 0.3 is 0 Å². The molecule has 1 aliphatic heterocycles. The summed E-state index contributed by atoms with van der Waals surface area (Å²) in [5.41, 5.74) is 0.548. The van der Waals surface area contributed by atoms with Crippen LogP contribution < -0.4 is 5.32 Å². The molecule has 7 nitrogen and oxygen atoms in total. The lowest BCUT2D eigenvalue weighted by Crippen LogP contribution is -2.33. The van der Waals surface area contributed by atoms with Crippen LogP contribution in [-0.4, -0.2) is 42.1 Å². The van der Waals surface area contributed by atoms with E-state index in [1.165, 1.54) is 17.0 Å². The van der Waals surface area contributed by atoms with Crippen LogP contribution in [0.5, 0.6) is 0 Å². The zero-order chi connectivity index (χ0) is 21.0. The standard InChI is InChI=1S/C18H16ClN3O4S3/c1-2-9-22-17(24)14(11-15(23)20-13-7-5-12(19)6-8-13)28-18(22)21-29(25,26)16-4-3-10-27-16/h2-8,10,14H,1,9,11H2,(H,20,23)/t14-/m1/s1. The van der Waals surface area contributed by atoms with Gasteiger partial charge in [0.1, 0.15) is 9.46 Å². The summed E-state index contributed by atoms with van der Waals surface area (Å²) in [5.74, 6) is -0.764. The lowest BCUT2D eigenvalue weighted by atomic mass is 10.2. The Morgan fingerprint density at radius 1 is 1.31 bits per heavy atom. The molecule has 2 aromatic rings. The molecule has 152 valence electrons. The van der Waals surface area contributed by atoms with Crippen LogP contribution >= 0.6 is 34.7 Å². The Kier molecular flexibility index (Phi) is 6.78. The number of amides is 2. The van der Waals surface area contributed by atoms with Gasteiger partial charge in [0, 0.05) is 23.7 Å². The number of amidine groups is 1. The van der Waals surface area contributed by atoms with Gasteiger partial charge in [-0.05, 0) is 35.7 Å². The highest BCUT2D eigenvalue weighted by atomic mass is 35.5. The van der Waals surface area contributed by atoms with Crippen molar-refractivity contribution in [1.82, 2.24) is 4.90 Å². The summed E-state index contributed by atoms with van der Waals surface area (Å²) >= 11 is 7.82. The van der Waals surface area contributed by atoms with E-state index in [-0.39, 0.29) is 34.2 Å². The molecule has 2 heterocycles. The third-order valence-corrected chi connectivity index (χ3v) is 7.96. The number of halogens is 1. The van der Waals surface area contributed by atoms with Crippen molar-refractivity contribution in [3.05, 3.63) is 59.5 Å². The van der Waals surface area contributed by atoms with Gasteiger partial charge in [-0.2, -0.15) is 8.42 Å². The van der Waals surface area contributed by atoms with Gasteiger partial charge in [-0.1, -0.05) is 35.5 Å². The van der Waals surface area contributed by atoms with Crippen LogP contribution in [0.2, 0.25) is 5.02 Å². The summed E-state index contributed by atoms with van der Waals surface area (Å²) in [6.45, 7) is 3.69. The van der Waals surface area contributed by atoms with Crippen molar-refractivity contribution in [1.29, 1.82) is 0 Å². The van der Waals surface area contributed by atoms with Gasteiger partial charge in [-0.15, -0.1) is 22.3 Å². The third kappa shape index (κ3) is 5.27. The fraction of sp³-hybridized carbons (Fsp3) is 0.167. The number of nitrogens with one attached hydrogen (secondary N) is 1. The predicted molar refractivity (Wildman–Crippen MR) is 117 cm³/mol. The van der Waals surface area contributed by atoms with Crippen molar-refractivity contribution in [3.63, 3.8) is 0 Å². The molecule has 1 aromatic heterocycles. The molecule has 29 heavy (non-hydrogen) atoms. The van der Waals surface area contributed by atoms with Crippen molar-refractivity contribution < 1.29 is 18.0 Å². The first-order valence-electron chi connectivity index (χ1n) is 8.33. The molecule has 1 aliphatic rings. The SMILES string of the molecule is C=CCN1C(=O)[C@@H](CC(=O)Nc2ccc(Cl)cc2)SC1=NS(=O)(=O)c1cccs1. The van der Waals surface area contributed by atoms with E-state index in [4.69, 9.17) is 11.6 Å². The number of benzene rings is 1. The number of sulfonamides is 1. The van der Waals surface area contributed by atoms with E-state index in [1.54, 1.807) is 35.7 Å². The van der Waals surface area contributed by atoms with Crippen LogP contribution in [0.4, 0.5) is 5.69 Å². The van der Waals surface area contributed by atoms with Crippen LogP contribution in [0.25, 0.3) is 0 Å². The maximum atomic E-state index is 12.7. The molecule has 1 fully saturated rings. The van der Waals surface area contributed by atoms with Gasteiger partial charge in [0.15, 0.2) is 5.17 Å². The van der Waals surface area contributed by atoms with Crippen LogP contribution in [-0.2, 0) is 19.6 Å². The van der Waals surface area contributed by atoms with Gasteiger partial charge in [-0.3, -0.25) is 14.5 Å². The van der Waals surface area contributed by atoms with Gasteiger partial charge in [-0.25, -0.2) is 0 Å². The Hall–Kier alpha value is -2.14. The van der Waals surface area contributed by atoms with Gasteiger partial charge in [0.05, 0.1) is 0 Å². The van der Waals surface area contributed by atoms with Crippen molar-refractivity contribution in [2.45, 2.75) is 15.9 Å². The first kappa shape index (κ1) is 21.6. The maximum absolute atomic E-state index is 12.7. The topological polar surface area (TPSA) is 95.9 Å². The zero-order valence-corrected chi connectivity index (χ0v) is 18.2. The number of hydrogen-bond acceptors (Lipinski definition) is 6. The smallest absolute Gasteiger partial charge is 0.294 e. The lowest BCUT2D eigenvalue weighted by Gasteiger charge is -2.13.